The van der Waals surface area contributed by atoms with Gasteiger partial charge in [0.15, 0.2) is 5.96 Å². The molecule has 0 spiro atoms. The Labute approximate surface area is 192 Å². The van der Waals surface area contributed by atoms with Gasteiger partial charge < -0.3 is 15.3 Å². The number of carboxylic acids is 1. The highest BCUT2D eigenvalue weighted by Gasteiger charge is 2.23. The van der Waals surface area contributed by atoms with Crippen LogP contribution in [-0.2, 0) is 6.42 Å². The lowest BCUT2D eigenvalue weighted by Gasteiger charge is -2.40. The smallest absolute Gasteiger partial charge is 0.335 e. The summed E-state index contributed by atoms with van der Waals surface area (Å²) >= 11 is 0. The van der Waals surface area contributed by atoms with Crippen molar-refractivity contribution in [2.24, 2.45) is 10.9 Å². The molecule has 6 nitrogen and oxygen atoms in total. The van der Waals surface area contributed by atoms with Crippen molar-refractivity contribution in [1.29, 1.82) is 0 Å². The number of guanidine groups is 1. The molecule has 0 bridgehead atoms. The third-order valence-corrected chi connectivity index (χ3v) is 5.94. The van der Waals surface area contributed by atoms with Gasteiger partial charge in [0, 0.05) is 44.5 Å². The lowest BCUT2D eigenvalue weighted by Crippen LogP contribution is -2.53. The molecule has 1 aliphatic heterocycles. The average Bonchev–Trinajstić information content (AvgIpc) is 2.79. The van der Waals surface area contributed by atoms with Gasteiger partial charge in [-0.1, -0.05) is 44.2 Å². The Morgan fingerprint density at radius 1 is 1.00 bits per heavy atom. The van der Waals surface area contributed by atoms with E-state index < -0.39 is 5.97 Å². The quantitative estimate of drug-likeness (QED) is 0.473. The van der Waals surface area contributed by atoms with Crippen LogP contribution in [0, 0.1) is 5.92 Å². The summed E-state index contributed by atoms with van der Waals surface area (Å²) < 4.78 is 0. The Morgan fingerprint density at radius 2 is 1.66 bits per heavy atom. The summed E-state index contributed by atoms with van der Waals surface area (Å²) in [5.41, 5.74) is 2.41. The topological polar surface area (TPSA) is 68.2 Å². The lowest BCUT2D eigenvalue weighted by atomic mass is 10.0. The number of aromatic carboxylic acids is 1. The van der Waals surface area contributed by atoms with E-state index in [0.717, 1.165) is 44.2 Å². The van der Waals surface area contributed by atoms with Crippen molar-refractivity contribution in [3.63, 3.8) is 0 Å². The number of piperazine rings is 1. The zero-order chi connectivity index (χ0) is 22.9. The van der Waals surface area contributed by atoms with Gasteiger partial charge >= 0.3 is 5.97 Å². The highest BCUT2D eigenvalue weighted by molar-refractivity contribution is 5.94. The molecule has 2 N–H and O–H groups in total. The van der Waals surface area contributed by atoms with Gasteiger partial charge in [-0.05, 0) is 55.5 Å². The minimum atomic E-state index is -0.917. The molecule has 1 fully saturated rings. The molecule has 1 aliphatic rings. The van der Waals surface area contributed by atoms with Crippen LogP contribution in [-0.4, -0.2) is 65.6 Å². The first-order valence-electron chi connectivity index (χ1n) is 11.6. The van der Waals surface area contributed by atoms with Gasteiger partial charge in [-0.3, -0.25) is 9.89 Å². The Hall–Kier alpha value is -2.86. The first-order chi connectivity index (χ1) is 15.4. The molecular formula is C26H36N4O2. The summed E-state index contributed by atoms with van der Waals surface area (Å²) in [5, 5.41) is 12.6. The molecule has 0 amide bonds. The second-order valence-electron chi connectivity index (χ2n) is 8.95. The number of aliphatic imine (C=N–C) groups is 1. The van der Waals surface area contributed by atoms with E-state index in [4.69, 9.17) is 10.1 Å². The van der Waals surface area contributed by atoms with E-state index in [1.807, 2.05) is 6.07 Å². The Morgan fingerprint density at radius 3 is 2.25 bits per heavy atom. The van der Waals surface area contributed by atoms with Crippen LogP contribution < -0.4 is 5.32 Å². The number of hydrogen-bond donors (Lipinski definition) is 2. The van der Waals surface area contributed by atoms with E-state index in [0.29, 0.717) is 18.5 Å². The Kier molecular flexibility index (Phi) is 8.68. The number of carboxylic acid groups (broad SMARTS) is 1. The molecule has 1 heterocycles. The van der Waals surface area contributed by atoms with Crippen molar-refractivity contribution < 1.29 is 9.90 Å². The van der Waals surface area contributed by atoms with E-state index in [1.165, 1.54) is 12.0 Å². The molecular weight excluding hydrogens is 400 g/mol. The minimum Gasteiger partial charge on any atom is -0.478 e. The molecule has 0 unspecified atom stereocenters. The van der Waals surface area contributed by atoms with Gasteiger partial charge in [-0.15, -0.1) is 0 Å². The predicted molar refractivity (Wildman–Crippen MR) is 132 cm³/mol. The third kappa shape index (κ3) is 7.09. The van der Waals surface area contributed by atoms with Gasteiger partial charge in [0.05, 0.1) is 5.56 Å². The van der Waals surface area contributed by atoms with Crippen molar-refractivity contribution in [3.8, 4) is 0 Å². The molecule has 6 heteroatoms. The molecule has 3 rings (SSSR count). The van der Waals surface area contributed by atoms with Gasteiger partial charge in [0.25, 0.3) is 0 Å². The molecule has 2 aromatic carbocycles. The van der Waals surface area contributed by atoms with Crippen LogP contribution in [0.25, 0.3) is 0 Å². The SMILES string of the molecule is CC(C)C[C@@H](C)N1CCN(C(=NCCc2ccccc2)Nc2ccc(C(=O)O)cc2)CC1. The van der Waals surface area contributed by atoms with Crippen molar-refractivity contribution >= 4 is 17.6 Å². The number of rotatable bonds is 8. The largest absolute Gasteiger partial charge is 0.478 e. The summed E-state index contributed by atoms with van der Waals surface area (Å²) in [6.07, 6.45) is 2.10. The monoisotopic (exact) mass is 436 g/mol. The first kappa shape index (κ1) is 23.8. The average molecular weight is 437 g/mol. The molecule has 0 radical (unpaired) electrons. The van der Waals surface area contributed by atoms with Gasteiger partial charge in [0.2, 0.25) is 0 Å². The van der Waals surface area contributed by atoms with Gasteiger partial charge in [-0.25, -0.2) is 4.79 Å². The molecule has 1 saturated heterocycles. The second-order valence-corrected chi connectivity index (χ2v) is 8.95. The second kappa shape index (κ2) is 11.7. The highest BCUT2D eigenvalue weighted by atomic mass is 16.4. The van der Waals surface area contributed by atoms with Crippen LogP contribution in [0.15, 0.2) is 59.6 Å². The minimum absolute atomic E-state index is 0.283. The fraction of sp³-hybridized carbons (Fsp3) is 0.462. The van der Waals surface area contributed by atoms with E-state index in [1.54, 1.807) is 24.3 Å². The zero-order valence-corrected chi connectivity index (χ0v) is 19.5. The molecule has 172 valence electrons. The van der Waals surface area contributed by atoms with Crippen molar-refractivity contribution in [1.82, 2.24) is 9.80 Å². The van der Waals surface area contributed by atoms with Crippen molar-refractivity contribution in [2.45, 2.75) is 39.7 Å². The number of benzene rings is 2. The van der Waals surface area contributed by atoms with Crippen LogP contribution in [0.2, 0.25) is 0 Å². The molecule has 0 saturated carbocycles. The van der Waals surface area contributed by atoms with E-state index in [2.05, 4.69) is 60.2 Å². The third-order valence-electron chi connectivity index (χ3n) is 5.94. The lowest BCUT2D eigenvalue weighted by molar-refractivity contribution is 0.0697. The molecule has 0 aromatic heterocycles. The maximum absolute atomic E-state index is 11.2. The summed E-state index contributed by atoms with van der Waals surface area (Å²) in [5.74, 6) is 0.647. The fourth-order valence-electron chi connectivity index (χ4n) is 4.19. The summed E-state index contributed by atoms with van der Waals surface area (Å²) in [7, 11) is 0. The Bertz CT molecular complexity index is 872. The number of hydrogen-bond acceptors (Lipinski definition) is 3. The number of nitrogens with zero attached hydrogens (tertiary/aromatic N) is 3. The highest BCUT2D eigenvalue weighted by Crippen LogP contribution is 2.16. The molecule has 0 aliphatic carbocycles. The van der Waals surface area contributed by atoms with Crippen molar-refractivity contribution in [2.75, 3.05) is 38.0 Å². The Balaban J connectivity index is 1.67. The summed E-state index contributed by atoms with van der Waals surface area (Å²) in [6.45, 7) is 11.5. The van der Waals surface area contributed by atoms with Crippen LogP contribution in [0.4, 0.5) is 5.69 Å². The maximum atomic E-state index is 11.2. The summed E-state index contributed by atoms with van der Waals surface area (Å²) in [6, 6.07) is 17.8. The predicted octanol–water partition coefficient (Wildman–Crippen LogP) is 4.45. The molecule has 32 heavy (non-hydrogen) atoms. The van der Waals surface area contributed by atoms with E-state index in [-0.39, 0.29) is 5.56 Å². The molecule has 1 atom stereocenters. The van der Waals surface area contributed by atoms with E-state index >= 15 is 0 Å². The summed E-state index contributed by atoms with van der Waals surface area (Å²) in [4.78, 5) is 20.9. The van der Waals surface area contributed by atoms with Crippen LogP contribution in [0.3, 0.4) is 0 Å². The van der Waals surface area contributed by atoms with Crippen LogP contribution >= 0.6 is 0 Å². The zero-order valence-electron chi connectivity index (χ0n) is 19.5. The van der Waals surface area contributed by atoms with Crippen LogP contribution in [0.5, 0.6) is 0 Å². The number of carbonyl (C=O) groups is 1. The maximum Gasteiger partial charge on any atom is 0.335 e. The molecule has 2 aromatic rings. The van der Waals surface area contributed by atoms with Gasteiger partial charge in [0.1, 0.15) is 0 Å². The van der Waals surface area contributed by atoms with Crippen LogP contribution in [0.1, 0.15) is 43.1 Å². The normalized spacial score (nSPS) is 16.2. The fourth-order valence-corrected chi connectivity index (χ4v) is 4.19. The first-order valence-corrected chi connectivity index (χ1v) is 11.6. The van der Waals surface area contributed by atoms with E-state index in [9.17, 15) is 4.79 Å². The number of nitrogens with one attached hydrogen (secondary N) is 1. The number of anilines is 1. The standard InChI is InChI=1S/C26H36N4O2/c1-20(2)19-21(3)29-15-17-30(18-16-29)26(27-14-13-22-7-5-4-6-8-22)28-24-11-9-23(10-12-24)25(31)32/h4-12,20-21H,13-19H2,1-3H3,(H,27,28)(H,31,32)/t21-/m1/s1. The van der Waals surface area contributed by atoms with Gasteiger partial charge in [-0.2, -0.15) is 0 Å². The van der Waals surface area contributed by atoms with Crippen molar-refractivity contribution in [3.05, 3.63) is 65.7 Å².